The number of amides is 2. The number of rotatable bonds is 5. The molecule has 0 spiro atoms. The van der Waals surface area contributed by atoms with E-state index in [-0.39, 0.29) is 17.9 Å². The van der Waals surface area contributed by atoms with Gasteiger partial charge in [-0.2, -0.15) is 0 Å². The number of fused-ring (bicyclic) bond motifs is 3. The number of imide groups is 1. The minimum atomic E-state index is -0.701. The number of piperidine rings is 1. The number of anilines is 1. The lowest BCUT2D eigenvalue weighted by molar-refractivity contribution is -0.135. The highest BCUT2D eigenvalue weighted by Crippen LogP contribution is 2.61. The molecule has 9 rings (SSSR count). The van der Waals surface area contributed by atoms with E-state index in [1.807, 2.05) is 12.1 Å². The lowest BCUT2D eigenvalue weighted by Crippen LogP contribution is -2.55. The average Bonchev–Trinajstić information content (AvgIpc) is 3.14. The van der Waals surface area contributed by atoms with E-state index in [0.29, 0.717) is 40.6 Å². The lowest BCUT2D eigenvalue weighted by Gasteiger charge is -2.57. The number of aryl methyl sites for hydroxylation is 1. The number of hydrogen-bond acceptors (Lipinski definition) is 6. The second-order valence-corrected chi connectivity index (χ2v) is 14.2. The normalized spacial score (nSPS) is 37.0. The molecule has 3 saturated heterocycles. The first-order chi connectivity index (χ1) is 19.4. The van der Waals surface area contributed by atoms with Crippen LogP contribution in [0.25, 0.3) is 10.9 Å². The van der Waals surface area contributed by atoms with Gasteiger partial charge in [0.25, 0.3) is 5.56 Å². The summed E-state index contributed by atoms with van der Waals surface area (Å²) in [5.74, 6) is 2.84. The highest BCUT2D eigenvalue weighted by atomic mass is 16.2. The molecule has 0 radical (unpaired) electrons. The fourth-order valence-corrected chi connectivity index (χ4v) is 10.4. The Morgan fingerprint density at radius 3 is 2.27 bits per heavy atom. The van der Waals surface area contributed by atoms with Crippen LogP contribution in [0, 0.1) is 30.1 Å². The van der Waals surface area contributed by atoms with Gasteiger partial charge in [0.1, 0.15) is 11.9 Å². The third-order valence-electron chi connectivity index (χ3n) is 11.6. The summed E-state index contributed by atoms with van der Waals surface area (Å²) in [5, 5.41) is 3.00. The summed E-state index contributed by atoms with van der Waals surface area (Å²) < 4.78 is 1.52. The van der Waals surface area contributed by atoms with E-state index in [1.54, 1.807) is 6.92 Å². The molecule has 7 aliphatic rings. The molecule has 8 heteroatoms. The second kappa shape index (κ2) is 9.13. The SMILES string of the molecule is Cc1nc2cccc(N3C[C@H]4CC[C@H](C3)N4CCC34CC5CC(CC(C5)C3)C4)c2c(=O)n1[C@@H]1CCC(=O)NC1=O. The van der Waals surface area contributed by atoms with Gasteiger partial charge >= 0.3 is 0 Å². The Bertz CT molecular complexity index is 1400. The summed E-state index contributed by atoms with van der Waals surface area (Å²) in [4.78, 5) is 48.5. The van der Waals surface area contributed by atoms with Crippen LogP contribution in [0.2, 0.25) is 0 Å². The van der Waals surface area contributed by atoms with Crippen molar-refractivity contribution < 1.29 is 9.59 Å². The van der Waals surface area contributed by atoms with Crippen molar-refractivity contribution in [2.45, 2.75) is 95.7 Å². The van der Waals surface area contributed by atoms with Gasteiger partial charge in [0.05, 0.1) is 16.6 Å². The standard InChI is InChI=1S/C32H41N5O3/c1-19-33-25-3-2-4-26(29(25)31(40)37(19)27-7-8-28(38)34-30(27)39)35-17-23-5-6-24(18-35)36(23)10-9-32-14-20-11-21(15-32)13-22(12-20)16-32/h2-4,20-24,27H,5-18H2,1H3,(H,34,38,39)/t20?,21?,22?,23-,24-,27-,32?/m1/s1. The number of aromatic nitrogens is 2. The molecule has 212 valence electrons. The number of piperazine rings is 1. The van der Waals surface area contributed by atoms with E-state index >= 15 is 0 Å². The summed E-state index contributed by atoms with van der Waals surface area (Å²) in [7, 11) is 0. The first-order valence-corrected chi connectivity index (χ1v) is 15.7. The van der Waals surface area contributed by atoms with E-state index in [4.69, 9.17) is 4.98 Å². The van der Waals surface area contributed by atoms with Gasteiger partial charge < -0.3 is 4.90 Å². The second-order valence-electron chi connectivity index (χ2n) is 14.2. The molecule has 7 fully saturated rings. The van der Waals surface area contributed by atoms with Gasteiger partial charge in [-0.1, -0.05) is 6.07 Å². The number of carbonyl (C=O) groups is 2. The molecule has 4 saturated carbocycles. The molecule has 1 N–H and O–H groups in total. The molecule has 4 heterocycles. The first kappa shape index (κ1) is 25.0. The van der Waals surface area contributed by atoms with Crippen molar-refractivity contribution in [1.82, 2.24) is 19.8 Å². The van der Waals surface area contributed by atoms with E-state index in [2.05, 4.69) is 21.2 Å². The summed E-state index contributed by atoms with van der Waals surface area (Å²) in [6.07, 6.45) is 13.4. The maximum absolute atomic E-state index is 14.0. The quantitative estimate of drug-likeness (QED) is 0.575. The third-order valence-corrected chi connectivity index (χ3v) is 11.6. The first-order valence-electron chi connectivity index (χ1n) is 15.7. The molecule has 6 bridgehead atoms. The fourth-order valence-electron chi connectivity index (χ4n) is 10.4. The fraction of sp³-hybridized carbons (Fsp3) is 0.688. The van der Waals surface area contributed by atoms with E-state index < -0.39 is 11.9 Å². The largest absolute Gasteiger partial charge is 0.368 e. The summed E-state index contributed by atoms with van der Waals surface area (Å²) >= 11 is 0. The lowest BCUT2D eigenvalue weighted by atomic mass is 9.49. The van der Waals surface area contributed by atoms with Gasteiger partial charge in [0.15, 0.2) is 0 Å². The monoisotopic (exact) mass is 543 g/mol. The molecule has 3 atom stereocenters. The highest BCUT2D eigenvalue weighted by molar-refractivity contribution is 5.99. The Morgan fingerprint density at radius 2 is 1.62 bits per heavy atom. The number of nitrogens with zero attached hydrogens (tertiary/aromatic N) is 4. The number of carbonyl (C=O) groups excluding carboxylic acids is 2. The van der Waals surface area contributed by atoms with Crippen LogP contribution in [0.15, 0.2) is 23.0 Å². The smallest absolute Gasteiger partial charge is 0.264 e. The molecule has 2 aromatic rings. The molecule has 1 aromatic heterocycles. The highest BCUT2D eigenvalue weighted by Gasteiger charge is 2.51. The number of hydrogen-bond donors (Lipinski definition) is 1. The summed E-state index contributed by atoms with van der Waals surface area (Å²) in [6, 6.07) is 6.31. The minimum absolute atomic E-state index is 0.177. The molecule has 40 heavy (non-hydrogen) atoms. The molecule has 8 nitrogen and oxygen atoms in total. The zero-order valence-corrected chi connectivity index (χ0v) is 23.6. The molecule has 1 aromatic carbocycles. The van der Waals surface area contributed by atoms with Crippen molar-refractivity contribution in [3.05, 3.63) is 34.4 Å². The molecule has 4 aliphatic carbocycles. The zero-order valence-electron chi connectivity index (χ0n) is 23.6. The van der Waals surface area contributed by atoms with Gasteiger partial charge in [-0.05, 0) is 113 Å². The zero-order chi connectivity index (χ0) is 27.2. The topological polar surface area (TPSA) is 87.5 Å². The van der Waals surface area contributed by atoms with Crippen LogP contribution in [0.3, 0.4) is 0 Å². The Morgan fingerprint density at radius 1 is 0.950 bits per heavy atom. The van der Waals surface area contributed by atoms with Crippen molar-refractivity contribution >= 4 is 28.4 Å². The maximum Gasteiger partial charge on any atom is 0.264 e. The van der Waals surface area contributed by atoms with Gasteiger partial charge in [0.2, 0.25) is 11.8 Å². The molecule has 3 aliphatic heterocycles. The van der Waals surface area contributed by atoms with Gasteiger partial charge in [-0.3, -0.25) is 29.2 Å². The Labute approximate surface area is 235 Å². The van der Waals surface area contributed by atoms with E-state index in [0.717, 1.165) is 36.5 Å². The Kier molecular flexibility index (Phi) is 5.71. The van der Waals surface area contributed by atoms with Gasteiger partial charge in [-0.25, -0.2) is 4.98 Å². The van der Waals surface area contributed by atoms with Gasteiger partial charge in [-0.15, -0.1) is 0 Å². The van der Waals surface area contributed by atoms with Crippen LogP contribution in [0.1, 0.15) is 82.5 Å². The molecule has 2 amide bonds. The van der Waals surface area contributed by atoms with Crippen LogP contribution < -0.4 is 15.8 Å². The number of benzene rings is 1. The van der Waals surface area contributed by atoms with Crippen molar-refractivity contribution in [3.63, 3.8) is 0 Å². The van der Waals surface area contributed by atoms with Crippen molar-refractivity contribution in [2.75, 3.05) is 24.5 Å². The van der Waals surface area contributed by atoms with Crippen molar-refractivity contribution in [2.24, 2.45) is 23.2 Å². The predicted octanol–water partition coefficient (Wildman–Crippen LogP) is 3.94. The maximum atomic E-state index is 14.0. The minimum Gasteiger partial charge on any atom is -0.368 e. The van der Waals surface area contributed by atoms with Crippen LogP contribution in [-0.4, -0.2) is 58.0 Å². The average molecular weight is 544 g/mol. The van der Waals surface area contributed by atoms with Gasteiger partial charge in [0, 0.05) is 31.6 Å². The van der Waals surface area contributed by atoms with Crippen molar-refractivity contribution in [3.8, 4) is 0 Å². The summed E-state index contributed by atoms with van der Waals surface area (Å²) in [5.41, 5.74) is 2.06. The van der Waals surface area contributed by atoms with Crippen LogP contribution in [0.5, 0.6) is 0 Å². The Balaban J connectivity index is 1.05. The number of nitrogens with one attached hydrogen (secondary N) is 1. The van der Waals surface area contributed by atoms with E-state index in [1.165, 1.54) is 68.9 Å². The van der Waals surface area contributed by atoms with Crippen LogP contribution >= 0.6 is 0 Å². The molecule has 0 unspecified atom stereocenters. The third kappa shape index (κ3) is 3.96. The van der Waals surface area contributed by atoms with Crippen molar-refractivity contribution in [1.29, 1.82) is 0 Å². The Hall–Kier alpha value is -2.74. The predicted molar refractivity (Wildman–Crippen MR) is 153 cm³/mol. The molecular formula is C32H41N5O3. The summed E-state index contributed by atoms with van der Waals surface area (Å²) in [6.45, 7) is 4.87. The molecular weight excluding hydrogens is 502 g/mol. The van der Waals surface area contributed by atoms with E-state index in [9.17, 15) is 14.4 Å². The van der Waals surface area contributed by atoms with Crippen LogP contribution in [0.4, 0.5) is 5.69 Å². The van der Waals surface area contributed by atoms with Crippen LogP contribution in [-0.2, 0) is 9.59 Å².